The Labute approximate surface area is 164 Å². The molecule has 3 amide bonds. The first-order valence-electron chi connectivity index (χ1n) is 8.85. The van der Waals surface area contributed by atoms with Crippen molar-refractivity contribution in [2.24, 2.45) is 5.92 Å². The van der Waals surface area contributed by atoms with Gasteiger partial charge >= 0.3 is 0 Å². The van der Waals surface area contributed by atoms with Gasteiger partial charge in [-0.15, -0.1) is 0 Å². The van der Waals surface area contributed by atoms with E-state index in [4.69, 9.17) is 4.74 Å². The highest BCUT2D eigenvalue weighted by Crippen LogP contribution is 2.26. The Morgan fingerprint density at radius 3 is 2.07 bits per heavy atom. The standard InChI is InChI=1S/C21H25N3O4/c1-13(2)19(25)22-16-9-6-14(7-10-16)20(26)23-17-12-15(21(27)24(3)4)8-11-18(17)28-5/h6-13H,1-5H3,(H,22,25)(H,23,26). The largest absolute Gasteiger partial charge is 0.495 e. The van der Waals surface area contributed by atoms with Crippen LogP contribution in [-0.4, -0.2) is 43.8 Å². The minimum absolute atomic E-state index is 0.0932. The molecule has 0 fully saturated rings. The van der Waals surface area contributed by atoms with Gasteiger partial charge in [-0.3, -0.25) is 14.4 Å². The molecule has 0 heterocycles. The number of hydrogen-bond donors (Lipinski definition) is 2. The van der Waals surface area contributed by atoms with E-state index in [1.807, 2.05) is 0 Å². The Hall–Kier alpha value is -3.35. The fraction of sp³-hybridized carbons (Fsp3) is 0.286. The van der Waals surface area contributed by atoms with E-state index in [9.17, 15) is 14.4 Å². The Morgan fingerprint density at radius 1 is 0.929 bits per heavy atom. The lowest BCUT2D eigenvalue weighted by Crippen LogP contribution is -2.22. The molecule has 0 bridgehead atoms. The SMILES string of the molecule is COc1ccc(C(=O)N(C)C)cc1NC(=O)c1ccc(NC(=O)C(C)C)cc1. The molecule has 0 radical (unpaired) electrons. The number of carbonyl (C=O) groups is 3. The second-order valence-electron chi connectivity index (χ2n) is 6.79. The van der Waals surface area contributed by atoms with Gasteiger partial charge in [-0.05, 0) is 42.5 Å². The maximum absolute atomic E-state index is 12.6. The summed E-state index contributed by atoms with van der Waals surface area (Å²) in [6.45, 7) is 3.61. The molecule has 0 unspecified atom stereocenters. The predicted octanol–water partition coefficient (Wildman–Crippen LogP) is 3.24. The van der Waals surface area contributed by atoms with Crippen LogP contribution in [0.1, 0.15) is 34.6 Å². The molecule has 2 aromatic carbocycles. The zero-order chi connectivity index (χ0) is 20.8. The molecule has 7 nitrogen and oxygen atoms in total. The smallest absolute Gasteiger partial charge is 0.255 e. The highest BCUT2D eigenvalue weighted by molar-refractivity contribution is 6.06. The van der Waals surface area contributed by atoms with Crippen molar-refractivity contribution in [3.8, 4) is 5.75 Å². The average molecular weight is 383 g/mol. The van der Waals surface area contributed by atoms with Crippen LogP contribution in [0.15, 0.2) is 42.5 Å². The molecule has 2 rings (SSSR count). The van der Waals surface area contributed by atoms with E-state index in [1.165, 1.54) is 12.0 Å². The maximum atomic E-state index is 12.6. The Morgan fingerprint density at radius 2 is 1.54 bits per heavy atom. The molecule has 0 aliphatic rings. The van der Waals surface area contributed by atoms with Crippen LogP contribution in [0.3, 0.4) is 0 Å². The minimum Gasteiger partial charge on any atom is -0.495 e. The van der Waals surface area contributed by atoms with Crippen LogP contribution in [0.25, 0.3) is 0 Å². The van der Waals surface area contributed by atoms with Gasteiger partial charge < -0.3 is 20.3 Å². The maximum Gasteiger partial charge on any atom is 0.255 e. The van der Waals surface area contributed by atoms with Crippen molar-refractivity contribution >= 4 is 29.1 Å². The second kappa shape index (κ2) is 9.03. The summed E-state index contributed by atoms with van der Waals surface area (Å²) in [5.74, 6) is -0.306. The zero-order valence-corrected chi connectivity index (χ0v) is 16.7. The van der Waals surface area contributed by atoms with Crippen molar-refractivity contribution < 1.29 is 19.1 Å². The first kappa shape index (κ1) is 21.0. The number of ether oxygens (including phenoxy) is 1. The van der Waals surface area contributed by atoms with Crippen molar-refractivity contribution in [1.82, 2.24) is 4.90 Å². The molecule has 2 aromatic rings. The third kappa shape index (κ3) is 5.09. The van der Waals surface area contributed by atoms with Gasteiger partial charge in [-0.25, -0.2) is 0 Å². The highest BCUT2D eigenvalue weighted by atomic mass is 16.5. The number of nitrogens with zero attached hydrogens (tertiary/aromatic N) is 1. The molecule has 0 aliphatic carbocycles. The molecular formula is C21H25N3O4. The lowest BCUT2D eigenvalue weighted by molar-refractivity contribution is -0.118. The van der Waals surface area contributed by atoms with E-state index in [-0.39, 0.29) is 23.6 Å². The van der Waals surface area contributed by atoms with Crippen LogP contribution in [-0.2, 0) is 4.79 Å². The van der Waals surface area contributed by atoms with Crippen molar-refractivity contribution in [3.63, 3.8) is 0 Å². The van der Waals surface area contributed by atoms with Gasteiger partial charge in [0.05, 0.1) is 12.8 Å². The number of methoxy groups -OCH3 is 1. The Kier molecular flexibility index (Phi) is 6.76. The van der Waals surface area contributed by atoms with Crippen LogP contribution < -0.4 is 15.4 Å². The number of hydrogen-bond acceptors (Lipinski definition) is 4. The van der Waals surface area contributed by atoms with Crippen molar-refractivity contribution in [1.29, 1.82) is 0 Å². The molecule has 0 saturated heterocycles. The highest BCUT2D eigenvalue weighted by Gasteiger charge is 2.15. The monoisotopic (exact) mass is 383 g/mol. The summed E-state index contributed by atoms with van der Waals surface area (Å²) in [7, 11) is 4.81. The topological polar surface area (TPSA) is 87.7 Å². The fourth-order valence-electron chi connectivity index (χ4n) is 2.38. The molecule has 7 heteroatoms. The van der Waals surface area contributed by atoms with Crippen LogP contribution >= 0.6 is 0 Å². The van der Waals surface area contributed by atoms with E-state index in [0.717, 1.165) is 0 Å². The van der Waals surface area contributed by atoms with Gasteiger partial charge in [0.2, 0.25) is 5.91 Å². The third-order valence-corrected chi connectivity index (χ3v) is 4.04. The number of rotatable bonds is 6. The predicted molar refractivity (Wildman–Crippen MR) is 109 cm³/mol. The van der Waals surface area contributed by atoms with Crippen molar-refractivity contribution in [3.05, 3.63) is 53.6 Å². The van der Waals surface area contributed by atoms with Gasteiger partial charge in [0.1, 0.15) is 5.75 Å². The van der Waals surface area contributed by atoms with Gasteiger partial charge in [0, 0.05) is 36.8 Å². The number of benzene rings is 2. The van der Waals surface area contributed by atoms with Crippen LogP contribution in [0.5, 0.6) is 5.75 Å². The lowest BCUT2D eigenvalue weighted by Gasteiger charge is -2.14. The lowest BCUT2D eigenvalue weighted by atomic mass is 10.1. The van der Waals surface area contributed by atoms with Gasteiger partial charge in [0.25, 0.3) is 11.8 Å². The van der Waals surface area contributed by atoms with Gasteiger partial charge in [-0.2, -0.15) is 0 Å². The number of anilines is 2. The number of carbonyl (C=O) groups excluding carboxylic acids is 3. The third-order valence-electron chi connectivity index (χ3n) is 4.04. The van der Waals surface area contributed by atoms with Crippen molar-refractivity contribution in [2.45, 2.75) is 13.8 Å². The fourth-order valence-corrected chi connectivity index (χ4v) is 2.38. The zero-order valence-electron chi connectivity index (χ0n) is 16.7. The molecule has 0 aromatic heterocycles. The molecule has 0 spiro atoms. The molecule has 2 N–H and O–H groups in total. The Balaban J connectivity index is 2.18. The summed E-state index contributed by atoms with van der Waals surface area (Å²) in [5, 5.41) is 5.54. The summed E-state index contributed by atoms with van der Waals surface area (Å²) in [5.41, 5.74) is 1.87. The number of amides is 3. The average Bonchev–Trinajstić information content (AvgIpc) is 2.67. The molecule has 0 saturated carbocycles. The van der Waals surface area contributed by atoms with Crippen molar-refractivity contribution in [2.75, 3.05) is 31.8 Å². The van der Waals surface area contributed by atoms with Gasteiger partial charge in [0.15, 0.2) is 0 Å². The summed E-state index contributed by atoms with van der Waals surface area (Å²) >= 11 is 0. The van der Waals surface area contributed by atoms with E-state index < -0.39 is 0 Å². The summed E-state index contributed by atoms with van der Waals surface area (Å²) in [4.78, 5) is 38.0. The normalized spacial score (nSPS) is 10.4. The molecular weight excluding hydrogens is 358 g/mol. The first-order valence-corrected chi connectivity index (χ1v) is 8.85. The second-order valence-corrected chi connectivity index (χ2v) is 6.79. The van der Waals surface area contributed by atoms with Crippen LogP contribution in [0, 0.1) is 5.92 Å². The van der Waals surface area contributed by atoms with E-state index >= 15 is 0 Å². The van der Waals surface area contributed by atoms with E-state index in [1.54, 1.807) is 70.4 Å². The first-order chi connectivity index (χ1) is 13.2. The van der Waals surface area contributed by atoms with Crippen LogP contribution in [0.2, 0.25) is 0 Å². The molecule has 28 heavy (non-hydrogen) atoms. The van der Waals surface area contributed by atoms with E-state index in [2.05, 4.69) is 10.6 Å². The Bertz CT molecular complexity index is 874. The number of nitrogens with one attached hydrogen (secondary N) is 2. The quantitative estimate of drug-likeness (QED) is 0.802. The van der Waals surface area contributed by atoms with Crippen LogP contribution in [0.4, 0.5) is 11.4 Å². The molecule has 148 valence electrons. The molecule has 0 atom stereocenters. The minimum atomic E-state index is -0.352. The summed E-state index contributed by atoms with van der Waals surface area (Å²) < 4.78 is 5.28. The van der Waals surface area contributed by atoms with E-state index in [0.29, 0.717) is 28.3 Å². The summed E-state index contributed by atoms with van der Waals surface area (Å²) in [6.07, 6.45) is 0. The molecule has 0 aliphatic heterocycles. The van der Waals surface area contributed by atoms with Gasteiger partial charge in [-0.1, -0.05) is 13.8 Å². The summed E-state index contributed by atoms with van der Waals surface area (Å²) in [6, 6.07) is 11.4.